The van der Waals surface area contributed by atoms with Crippen molar-refractivity contribution in [3.8, 4) is 17.2 Å². The van der Waals surface area contributed by atoms with Crippen molar-refractivity contribution in [3.63, 3.8) is 0 Å². The number of phenols is 1. The van der Waals surface area contributed by atoms with Gasteiger partial charge in [-0.15, -0.1) is 0 Å². The van der Waals surface area contributed by atoms with Crippen LogP contribution in [0, 0.1) is 10.8 Å². The summed E-state index contributed by atoms with van der Waals surface area (Å²) in [6, 6.07) is 18.8. The van der Waals surface area contributed by atoms with E-state index in [9.17, 15) is 19.5 Å². The van der Waals surface area contributed by atoms with Crippen LogP contribution in [0.5, 0.6) is 17.2 Å². The van der Waals surface area contributed by atoms with Gasteiger partial charge in [0.2, 0.25) is 0 Å². The molecule has 0 saturated heterocycles. The van der Waals surface area contributed by atoms with Crippen LogP contribution in [0.1, 0.15) is 177 Å². The number of phenolic OH excluding ortho intramolecular Hbond substituents is 1. The summed E-state index contributed by atoms with van der Waals surface area (Å²) in [4.78, 5) is 36.0. The van der Waals surface area contributed by atoms with Crippen molar-refractivity contribution in [3.05, 3.63) is 99.6 Å². The number of ether oxygens (including phenoxy) is 2. The van der Waals surface area contributed by atoms with Gasteiger partial charge in [-0.2, -0.15) is 0 Å². The van der Waals surface area contributed by atoms with E-state index in [1.807, 2.05) is 24.3 Å². The molecule has 2 saturated carbocycles. The highest BCUT2D eigenvalue weighted by Crippen LogP contribution is 2.61. The van der Waals surface area contributed by atoms with Gasteiger partial charge >= 0.3 is 0 Å². The van der Waals surface area contributed by atoms with Crippen LogP contribution in [-0.4, -0.2) is 36.7 Å². The summed E-state index contributed by atoms with van der Waals surface area (Å²) in [6.45, 7) is 11.5. The Hall–Kier alpha value is -4.19. The number of hydrogen-bond donors (Lipinski definition) is 1. The number of aryl methyl sites for hydroxylation is 3. The largest absolute Gasteiger partial charge is 0.508 e. The molecule has 3 aromatic carbocycles. The van der Waals surface area contributed by atoms with Gasteiger partial charge in [-0.3, -0.25) is 14.4 Å². The number of unbranched alkanes of at least 4 members (excludes halogenated alkanes) is 2. The number of carbonyl (C=O) groups is 3. The number of methoxy groups -OCH3 is 2. The van der Waals surface area contributed by atoms with Crippen LogP contribution >= 0.6 is 0 Å². The first kappa shape index (κ1) is 44.9. The summed E-state index contributed by atoms with van der Waals surface area (Å²) >= 11 is 0. The molecule has 0 aliphatic heterocycles. The van der Waals surface area contributed by atoms with Crippen molar-refractivity contribution in [2.45, 2.75) is 179 Å². The Bertz CT molecular complexity index is 2160. The Morgan fingerprint density at radius 2 is 1.05 bits per heavy atom. The molecule has 328 valence electrons. The minimum Gasteiger partial charge on any atom is -0.508 e. The molecular formula is C55H72O6. The molecule has 6 aliphatic rings. The van der Waals surface area contributed by atoms with Crippen molar-refractivity contribution in [1.82, 2.24) is 0 Å². The third-order valence-corrected chi connectivity index (χ3v) is 17.1. The summed E-state index contributed by atoms with van der Waals surface area (Å²) in [5.41, 5.74) is 10.3. The summed E-state index contributed by atoms with van der Waals surface area (Å²) in [5.74, 6) is 3.47. The average Bonchev–Trinajstić information content (AvgIpc) is 3.26. The number of aromatic hydroxyl groups is 1. The third kappa shape index (κ3) is 8.27. The first-order chi connectivity index (χ1) is 29.2. The van der Waals surface area contributed by atoms with Crippen molar-refractivity contribution < 1.29 is 29.0 Å². The molecule has 5 atom stereocenters. The number of fused-ring (bicyclic) bond motifs is 9. The highest BCUT2D eigenvalue weighted by Gasteiger charge is 2.55. The zero-order valence-corrected chi connectivity index (χ0v) is 38.4. The van der Waals surface area contributed by atoms with Gasteiger partial charge in [-0.1, -0.05) is 84.1 Å². The van der Waals surface area contributed by atoms with Gasteiger partial charge in [-0.25, -0.2) is 0 Å². The fourth-order valence-corrected chi connectivity index (χ4v) is 13.1. The van der Waals surface area contributed by atoms with Gasteiger partial charge in [0.15, 0.2) is 5.78 Å². The second-order valence-corrected chi connectivity index (χ2v) is 20.2. The van der Waals surface area contributed by atoms with Crippen LogP contribution < -0.4 is 9.47 Å². The van der Waals surface area contributed by atoms with E-state index in [1.54, 1.807) is 14.2 Å². The molecule has 3 aromatic rings. The van der Waals surface area contributed by atoms with E-state index in [1.165, 1.54) is 71.1 Å². The number of ketones is 3. The standard InChI is InChI=1S/C20H28O2.C19H26O2.C16H18O2/c1-4-5-10-20-12-8-15-13-17(22-3)6-7-18(15)19(20,2)11-9-16(21)14-20;1-3-4-9-19-11-7-14-12-15(20)5-6-17(14)18(19,2)10-8-16(21)13-19;1-16-8-7-13(17)10-12(16)4-3-11-9-14(18-2)5-6-15(11)16/h6-7,13H,4-5,8-12,14H2,1-3H3;5-6,12,20H,3-4,7-11,13H2,1-2H3;5-6,9-10H,3-4,7-8H2,1-2H3/t19-,20+;18-,19+;/m00./s1. The Morgan fingerprint density at radius 1 is 0.557 bits per heavy atom. The summed E-state index contributed by atoms with van der Waals surface area (Å²) < 4.78 is 10.7. The lowest BCUT2D eigenvalue weighted by atomic mass is 9.48. The van der Waals surface area contributed by atoms with Crippen molar-refractivity contribution >= 4 is 17.3 Å². The monoisotopic (exact) mass is 829 g/mol. The molecule has 0 radical (unpaired) electrons. The number of rotatable bonds is 8. The lowest BCUT2D eigenvalue weighted by Crippen LogP contribution is -2.51. The molecule has 9 rings (SSSR count). The molecular weight excluding hydrogens is 757 g/mol. The van der Waals surface area contributed by atoms with E-state index in [0.29, 0.717) is 35.9 Å². The van der Waals surface area contributed by atoms with E-state index < -0.39 is 0 Å². The number of hydrogen-bond acceptors (Lipinski definition) is 6. The predicted molar refractivity (Wildman–Crippen MR) is 245 cm³/mol. The number of carbonyl (C=O) groups excluding carboxylic acids is 3. The first-order valence-electron chi connectivity index (χ1n) is 23.6. The minimum atomic E-state index is 0.0633. The van der Waals surface area contributed by atoms with E-state index in [4.69, 9.17) is 9.47 Å². The minimum absolute atomic E-state index is 0.0633. The first-order valence-corrected chi connectivity index (χ1v) is 23.6. The summed E-state index contributed by atoms with van der Waals surface area (Å²) in [5, 5.41) is 9.76. The van der Waals surface area contributed by atoms with E-state index in [2.05, 4.69) is 71.0 Å². The fourth-order valence-electron chi connectivity index (χ4n) is 13.1. The van der Waals surface area contributed by atoms with Gasteiger partial charge in [0, 0.05) is 37.5 Å². The molecule has 0 bridgehead atoms. The van der Waals surface area contributed by atoms with Crippen LogP contribution in [0.2, 0.25) is 0 Å². The number of allylic oxidation sites excluding steroid dienone is 2. The zero-order valence-electron chi connectivity index (χ0n) is 38.4. The van der Waals surface area contributed by atoms with E-state index in [0.717, 1.165) is 95.0 Å². The fraction of sp³-hybridized carbons (Fsp3) is 0.582. The van der Waals surface area contributed by atoms with Crippen LogP contribution in [0.3, 0.4) is 0 Å². The number of benzene rings is 3. The second kappa shape index (κ2) is 17.9. The van der Waals surface area contributed by atoms with Crippen molar-refractivity contribution in [2.24, 2.45) is 10.8 Å². The van der Waals surface area contributed by atoms with Crippen molar-refractivity contribution in [1.29, 1.82) is 0 Å². The highest BCUT2D eigenvalue weighted by atomic mass is 16.5. The Balaban J connectivity index is 0.000000139. The molecule has 6 heteroatoms. The smallest absolute Gasteiger partial charge is 0.155 e. The maximum absolute atomic E-state index is 12.2. The van der Waals surface area contributed by atoms with Gasteiger partial charge in [0.1, 0.15) is 28.8 Å². The molecule has 6 nitrogen and oxygen atoms in total. The SMILES string of the molecule is CCCC[C@]12CCc3cc(O)ccc3[C@]1(C)CCC(=O)C2.CCCC[C@]12CCc3cc(OC)ccc3[C@]1(C)CCC(=O)C2.COc1ccc2c(c1)CCC1=CC(=O)CCC12C. The maximum atomic E-state index is 12.2. The molecule has 2 fully saturated rings. The highest BCUT2D eigenvalue weighted by molar-refractivity contribution is 5.92. The molecule has 6 aliphatic carbocycles. The maximum Gasteiger partial charge on any atom is 0.155 e. The van der Waals surface area contributed by atoms with E-state index in [-0.39, 0.29) is 27.1 Å². The van der Waals surface area contributed by atoms with Crippen molar-refractivity contribution in [2.75, 3.05) is 14.2 Å². The van der Waals surface area contributed by atoms with E-state index >= 15 is 0 Å². The average molecular weight is 829 g/mol. The Kier molecular flexibility index (Phi) is 13.2. The van der Waals surface area contributed by atoms with Crippen LogP contribution in [0.15, 0.2) is 66.2 Å². The summed E-state index contributed by atoms with van der Waals surface area (Å²) in [6.07, 6.45) is 22.0. The number of Topliss-reactive ketones (excluding diaryl/α,β-unsaturated/α-hetero) is 2. The van der Waals surface area contributed by atoms with Crippen LogP contribution in [-0.2, 0) is 49.9 Å². The molecule has 0 heterocycles. The van der Waals surface area contributed by atoms with Gasteiger partial charge in [0.05, 0.1) is 14.2 Å². The zero-order chi connectivity index (χ0) is 43.6. The quantitative estimate of drug-likeness (QED) is 0.243. The summed E-state index contributed by atoms with van der Waals surface area (Å²) in [7, 11) is 3.44. The normalized spacial score (nSPS) is 29.6. The molecule has 0 spiro atoms. The Morgan fingerprint density at radius 3 is 1.57 bits per heavy atom. The Labute approximate surface area is 366 Å². The van der Waals surface area contributed by atoms with Crippen LogP contribution in [0.25, 0.3) is 0 Å². The molecule has 0 aromatic heterocycles. The molecule has 1 N–H and O–H groups in total. The second-order valence-electron chi connectivity index (χ2n) is 20.2. The lowest BCUT2D eigenvalue weighted by molar-refractivity contribution is -0.129. The lowest BCUT2D eigenvalue weighted by Gasteiger charge is -2.56. The molecule has 61 heavy (non-hydrogen) atoms. The van der Waals surface area contributed by atoms with Crippen LogP contribution in [0.4, 0.5) is 0 Å². The van der Waals surface area contributed by atoms with Gasteiger partial charge < -0.3 is 14.6 Å². The van der Waals surface area contributed by atoms with Gasteiger partial charge in [0.25, 0.3) is 0 Å². The predicted octanol–water partition coefficient (Wildman–Crippen LogP) is 12.5. The topological polar surface area (TPSA) is 89.9 Å². The van der Waals surface area contributed by atoms with Gasteiger partial charge in [-0.05, 0) is 168 Å². The third-order valence-electron chi connectivity index (χ3n) is 17.1. The molecule has 0 amide bonds. The molecule has 1 unspecified atom stereocenters.